The van der Waals surface area contributed by atoms with Gasteiger partial charge in [0.25, 0.3) is 17.6 Å². The third-order valence-corrected chi connectivity index (χ3v) is 8.43. The van der Waals surface area contributed by atoms with Gasteiger partial charge in [-0.25, -0.2) is 4.68 Å². The molecule has 6 rings (SSSR count). The lowest BCUT2D eigenvalue weighted by Gasteiger charge is -2.29. The minimum atomic E-state index is -1.76. The van der Waals surface area contributed by atoms with Crippen LogP contribution in [0.5, 0.6) is 0 Å². The second-order valence-corrected chi connectivity index (χ2v) is 11.4. The van der Waals surface area contributed by atoms with Crippen LogP contribution in [0.3, 0.4) is 0 Å². The van der Waals surface area contributed by atoms with Crippen molar-refractivity contribution in [1.82, 2.24) is 20.3 Å². The summed E-state index contributed by atoms with van der Waals surface area (Å²) < 4.78 is 13.1. The van der Waals surface area contributed by atoms with E-state index < -0.39 is 23.6 Å². The fraction of sp³-hybridized carbons (Fsp3) is 0.216. The summed E-state index contributed by atoms with van der Waals surface area (Å²) in [5.41, 5.74) is 4.22. The zero-order valence-corrected chi connectivity index (χ0v) is 26.9. The van der Waals surface area contributed by atoms with E-state index in [4.69, 9.17) is 9.47 Å². The summed E-state index contributed by atoms with van der Waals surface area (Å²) in [5, 5.41) is 11.3. The number of fused-ring (bicyclic) bond motifs is 1. The number of benzene rings is 4. The number of carbonyl (C=O) groups is 3. The summed E-state index contributed by atoms with van der Waals surface area (Å²) in [6.45, 7) is 2.62. The van der Waals surface area contributed by atoms with Crippen molar-refractivity contribution in [3.8, 4) is 0 Å². The molecule has 11 heteroatoms. The molecule has 244 valence electrons. The molecule has 1 aliphatic rings. The summed E-state index contributed by atoms with van der Waals surface area (Å²) in [7, 11) is 2.80. The van der Waals surface area contributed by atoms with Gasteiger partial charge in [0.2, 0.25) is 5.91 Å². The van der Waals surface area contributed by atoms with E-state index in [2.05, 4.69) is 15.6 Å². The number of hydrogen-bond donors (Lipinski definition) is 1. The van der Waals surface area contributed by atoms with Crippen molar-refractivity contribution in [3.05, 3.63) is 143 Å². The quantitative estimate of drug-likeness (QED) is 0.196. The number of ether oxygens (including phenoxy) is 2. The van der Waals surface area contributed by atoms with Crippen LogP contribution in [0.1, 0.15) is 39.7 Å². The lowest BCUT2D eigenvalue weighted by Crippen LogP contribution is -2.48. The molecular weight excluding hydrogens is 608 g/mol. The van der Waals surface area contributed by atoms with Crippen LogP contribution in [0.4, 0.5) is 11.4 Å². The Balaban J connectivity index is 1.37. The van der Waals surface area contributed by atoms with Crippen molar-refractivity contribution in [2.45, 2.75) is 38.4 Å². The highest BCUT2D eigenvalue weighted by Crippen LogP contribution is 2.45. The minimum absolute atomic E-state index is 0.0562. The topological polar surface area (TPSA) is 119 Å². The molecular formula is C37H36N6O5. The predicted octanol–water partition coefficient (Wildman–Crippen LogP) is 4.67. The summed E-state index contributed by atoms with van der Waals surface area (Å²) in [6, 6.07) is 32.9. The van der Waals surface area contributed by atoms with E-state index in [-0.39, 0.29) is 24.7 Å². The molecule has 48 heavy (non-hydrogen) atoms. The van der Waals surface area contributed by atoms with Crippen molar-refractivity contribution >= 4 is 29.1 Å². The number of amides is 3. The Labute approximate surface area is 278 Å². The Hall–Kier alpha value is -5.65. The van der Waals surface area contributed by atoms with E-state index in [1.807, 2.05) is 91.0 Å². The van der Waals surface area contributed by atoms with Gasteiger partial charge in [0, 0.05) is 32.0 Å². The highest BCUT2D eigenvalue weighted by Gasteiger charge is 2.53. The third-order valence-electron chi connectivity index (χ3n) is 8.43. The van der Waals surface area contributed by atoms with Gasteiger partial charge in [-0.2, -0.15) is 0 Å². The molecule has 1 atom stereocenters. The normalized spacial score (nSPS) is 14.0. The number of aromatic nitrogens is 3. The lowest BCUT2D eigenvalue weighted by molar-refractivity contribution is -0.209. The maximum atomic E-state index is 14.3. The molecule has 0 saturated carbocycles. The van der Waals surface area contributed by atoms with Crippen molar-refractivity contribution in [3.63, 3.8) is 0 Å². The first-order chi connectivity index (χ1) is 23.3. The standard InChI is InChI=1S/C37H36N6O5/c1-26(34(44)38-22-27-13-7-4-8-14-27)43(35(45)32-25-41(40-39-32)23-28-15-9-5-10-16-28)30-19-20-33-31(21-30)37(47-2,48-3)36(46)42(33)24-29-17-11-6-12-18-29/h4-21,25-26H,22-24H2,1-3H3,(H,38,44). The van der Waals surface area contributed by atoms with Crippen LogP contribution in [-0.4, -0.2) is 53.0 Å². The first-order valence-electron chi connectivity index (χ1n) is 15.5. The monoisotopic (exact) mass is 644 g/mol. The van der Waals surface area contributed by atoms with Crippen LogP contribution in [-0.2, 0) is 44.5 Å². The number of nitrogens with one attached hydrogen (secondary N) is 1. The van der Waals surface area contributed by atoms with Crippen LogP contribution >= 0.6 is 0 Å². The number of hydrogen-bond acceptors (Lipinski definition) is 7. The van der Waals surface area contributed by atoms with E-state index >= 15 is 0 Å². The van der Waals surface area contributed by atoms with Crippen LogP contribution < -0.4 is 15.1 Å². The van der Waals surface area contributed by atoms with Crippen LogP contribution in [0, 0.1) is 0 Å². The van der Waals surface area contributed by atoms with Crippen molar-refractivity contribution < 1.29 is 23.9 Å². The molecule has 0 spiro atoms. The maximum Gasteiger partial charge on any atom is 0.292 e. The maximum absolute atomic E-state index is 14.3. The van der Waals surface area contributed by atoms with Gasteiger partial charge in [-0.05, 0) is 41.8 Å². The highest BCUT2D eigenvalue weighted by molar-refractivity contribution is 6.10. The van der Waals surface area contributed by atoms with Crippen molar-refractivity contribution in [1.29, 1.82) is 0 Å². The fourth-order valence-electron chi connectivity index (χ4n) is 5.91. The summed E-state index contributed by atoms with van der Waals surface area (Å²) in [5.74, 6) is -3.08. The first kappa shape index (κ1) is 32.3. The molecule has 2 heterocycles. The van der Waals surface area contributed by atoms with E-state index in [1.54, 1.807) is 40.9 Å². The molecule has 0 bridgehead atoms. The van der Waals surface area contributed by atoms with Crippen molar-refractivity contribution in [2.75, 3.05) is 24.0 Å². The highest BCUT2D eigenvalue weighted by atomic mass is 16.7. The summed E-state index contributed by atoms with van der Waals surface area (Å²) >= 11 is 0. The molecule has 0 radical (unpaired) electrons. The van der Waals surface area contributed by atoms with Crippen LogP contribution in [0.25, 0.3) is 0 Å². The molecule has 0 aliphatic carbocycles. The fourth-order valence-corrected chi connectivity index (χ4v) is 5.91. The Kier molecular flexibility index (Phi) is 9.42. The van der Waals surface area contributed by atoms with E-state index in [0.29, 0.717) is 23.5 Å². The second kappa shape index (κ2) is 14.0. The van der Waals surface area contributed by atoms with Gasteiger partial charge >= 0.3 is 0 Å². The van der Waals surface area contributed by atoms with E-state index in [1.165, 1.54) is 19.1 Å². The zero-order chi connectivity index (χ0) is 33.7. The Bertz CT molecular complexity index is 1890. The number of anilines is 2. The number of carbonyl (C=O) groups excluding carboxylic acids is 3. The third kappa shape index (κ3) is 6.33. The largest absolute Gasteiger partial charge is 0.350 e. The van der Waals surface area contributed by atoms with Crippen LogP contribution in [0.15, 0.2) is 115 Å². The Morgan fingerprint density at radius 2 is 1.42 bits per heavy atom. The summed E-state index contributed by atoms with van der Waals surface area (Å²) in [6.07, 6.45) is 1.56. The van der Waals surface area contributed by atoms with Crippen molar-refractivity contribution in [2.24, 2.45) is 0 Å². The average molecular weight is 645 g/mol. The SMILES string of the molecule is COC1(OC)C(=O)N(Cc2ccccc2)c2ccc(N(C(=O)c3cn(Cc4ccccc4)nn3)C(C)C(=O)NCc3ccccc3)cc21. The van der Waals surface area contributed by atoms with Gasteiger partial charge in [-0.3, -0.25) is 19.3 Å². The van der Waals surface area contributed by atoms with Gasteiger partial charge in [0.1, 0.15) is 6.04 Å². The van der Waals surface area contributed by atoms with Gasteiger partial charge < -0.3 is 19.7 Å². The molecule has 0 fully saturated rings. The average Bonchev–Trinajstić information content (AvgIpc) is 3.68. The van der Waals surface area contributed by atoms with Gasteiger partial charge in [0.15, 0.2) is 5.69 Å². The molecule has 1 aromatic heterocycles. The van der Waals surface area contributed by atoms with Gasteiger partial charge in [0.05, 0.1) is 25.0 Å². The molecule has 11 nitrogen and oxygen atoms in total. The Morgan fingerprint density at radius 1 is 0.833 bits per heavy atom. The Morgan fingerprint density at radius 3 is 2.02 bits per heavy atom. The molecule has 1 aliphatic heterocycles. The number of nitrogens with zero attached hydrogens (tertiary/aromatic N) is 5. The zero-order valence-electron chi connectivity index (χ0n) is 26.9. The predicted molar refractivity (Wildman–Crippen MR) is 180 cm³/mol. The minimum Gasteiger partial charge on any atom is -0.350 e. The molecule has 0 saturated heterocycles. The molecule has 5 aromatic rings. The summed E-state index contributed by atoms with van der Waals surface area (Å²) in [4.78, 5) is 44.8. The second-order valence-electron chi connectivity index (χ2n) is 11.4. The van der Waals surface area contributed by atoms with Gasteiger partial charge in [-0.15, -0.1) is 5.10 Å². The molecule has 3 amide bonds. The molecule has 1 N–H and O–H groups in total. The van der Waals surface area contributed by atoms with Gasteiger partial charge in [-0.1, -0.05) is 96.2 Å². The molecule has 4 aromatic carbocycles. The van der Waals surface area contributed by atoms with E-state index in [9.17, 15) is 14.4 Å². The van der Waals surface area contributed by atoms with E-state index in [0.717, 1.165) is 16.7 Å². The first-order valence-corrected chi connectivity index (χ1v) is 15.5. The van der Waals surface area contributed by atoms with Crippen LogP contribution in [0.2, 0.25) is 0 Å². The lowest BCUT2D eigenvalue weighted by atomic mass is 10.0. The number of rotatable bonds is 12. The molecule has 1 unspecified atom stereocenters. The smallest absolute Gasteiger partial charge is 0.292 e. The number of methoxy groups -OCH3 is 2.